The minimum Gasteiger partial charge on any atom is -0.364 e. The van der Waals surface area contributed by atoms with Crippen molar-refractivity contribution in [3.63, 3.8) is 0 Å². The lowest BCUT2D eigenvalue weighted by Gasteiger charge is -2.49. The van der Waals surface area contributed by atoms with Gasteiger partial charge in [0.15, 0.2) is 6.29 Å². The molecule has 2 heterocycles. The van der Waals surface area contributed by atoms with Gasteiger partial charge in [-0.05, 0) is 51.0 Å². The SMILES string of the molecule is CC1=CC(C)(C)N2c3c1cc(C)cc3[C@H](O)O[C@@H]2O. The van der Waals surface area contributed by atoms with Crippen LogP contribution in [0.4, 0.5) is 5.69 Å². The van der Waals surface area contributed by atoms with Gasteiger partial charge >= 0.3 is 0 Å². The van der Waals surface area contributed by atoms with Crippen LogP contribution in [0.3, 0.4) is 0 Å². The van der Waals surface area contributed by atoms with Gasteiger partial charge in [0.05, 0.1) is 11.2 Å². The summed E-state index contributed by atoms with van der Waals surface area (Å²) in [4.78, 5) is 1.82. The molecule has 2 N–H and O–H groups in total. The number of hydrogen-bond donors (Lipinski definition) is 2. The van der Waals surface area contributed by atoms with Crippen molar-refractivity contribution in [2.24, 2.45) is 0 Å². The molecule has 0 fully saturated rings. The molecule has 0 aromatic heterocycles. The largest absolute Gasteiger partial charge is 0.364 e. The first-order valence-corrected chi connectivity index (χ1v) is 6.46. The van der Waals surface area contributed by atoms with Crippen LogP contribution >= 0.6 is 0 Å². The Kier molecular flexibility index (Phi) is 2.55. The molecule has 0 saturated heterocycles. The maximum Gasteiger partial charge on any atom is 0.241 e. The number of nitrogens with zero attached hydrogens (tertiary/aromatic N) is 1. The highest BCUT2D eigenvalue weighted by atomic mass is 16.7. The Morgan fingerprint density at radius 1 is 1.21 bits per heavy atom. The summed E-state index contributed by atoms with van der Waals surface area (Å²) in [5.74, 6) is 0. The van der Waals surface area contributed by atoms with Gasteiger partial charge in [-0.25, -0.2) is 0 Å². The Morgan fingerprint density at radius 2 is 1.89 bits per heavy atom. The summed E-state index contributed by atoms with van der Waals surface area (Å²) in [7, 11) is 0. The van der Waals surface area contributed by atoms with E-state index in [9.17, 15) is 10.2 Å². The van der Waals surface area contributed by atoms with E-state index in [1.807, 2.05) is 31.7 Å². The number of aliphatic hydroxyl groups is 2. The van der Waals surface area contributed by atoms with Crippen molar-refractivity contribution in [2.45, 2.75) is 45.9 Å². The normalized spacial score (nSPS) is 27.9. The summed E-state index contributed by atoms with van der Waals surface area (Å²) in [6.45, 7) is 8.09. The van der Waals surface area contributed by atoms with E-state index in [2.05, 4.69) is 19.1 Å². The molecule has 0 radical (unpaired) electrons. The quantitative estimate of drug-likeness (QED) is 0.752. The van der Waals surface area contributed by atoms with E-state index < -0.39 is 12.7 Å². The minimum absolute atomic E-state index is 0.360. The third-order valence-electron chi connectivity index (χ3n) is 3.88. The lowest BCUT2D eigenvalue weighted by atomic mass is 9.85. The highest BCUT2D eigenvalue weighted by molar-refractivity contribution is 5.84. The molecular formula is C15H19NO3. The van der Waals surface area contributed by atoms with Gasteiger partial charge in [-0.1, -0.05) is 6.08 Å². The van der Waals surface area contributed by atoms with Gasteiger partial charge in [-0.2, -0.15) is 0 Å². The monoisotopic (exact) mass is 261 g/mol. The average Bonchev–Trinajstić information content (AvgIpc) is 2.27. The molecule has 1 aromatic rings. The summed E-state index contributed by atoms with van der Waals surface area (Å²) in [5, 5.41) is 20.2. The van der Waals surface area contributed by atoms with Gasteiger partial charge in [0.1, 0.15) is 0 Å². The Labute approximate surface area is 112 Å². The van der Waals surface area contributed by atoms with Crippen molar-refractivity contribution in [1.29, 1.82) is 0 Å². The molecule has 2 aliphatic rings. The lowest BCUT2D eigenvalue weighted by molar-refractivity contribution is -0.222. The van der Waals surface area contributed by atoms with Crippen LogP contribution in [0, 0.1) is 6.92 Å². The molecule has 0 aliphatic carbocycles. The number of hydrogen-bond acceptors (Lipinski definition) is 4. The van der Waals surface area contributed by atoms with Crippen LogP contribution in [0.2, 0.25) is 0 Å². The Bertz CT molecular complexity index is 577. The first kappa shape index (κ1) is 12.7. The predicted molar refractivity (Wildman–Crippen MR) is 73.4 cm³/mol. The first-order valence-electron chi connectivity index (χ1n) is 6.46. The molecule has 19 heavy (non-hydrogen) atoms. The van der Waals surface area contributed by atoms with Gasteiger partial charge < -0.3 is 19.8 Å². The van der Waals surface area contributed by atoms with E-state index >= 15 is 0 Å². The average molecular weight is 261 g/mol. The van der Waals surface area contributed by atoms with Crippen LogP contribution < -0.4 is 4.90 Å². The van der Waals surface area contributed by atoms with Crippen molar-refractivity contribution in [1.82, 2.24) is 0 Å². The second-order valence-electron chi connectivity index (χ2n) is 5.92. The van der Waals surface area contributed by atoms with Crippen LogP contribution in [0.15, 0.2) is 18.2 Å². The second-order valence-corrected chi connectivity index (χ2v) is 5.92. The number of allylic oxidation sites excluding steroid dienone is 1. The van der Waals surface area contributed by atoms with Crippen molar-refractivity contribution < 1.29 is 14.9 Å². The summed E-state index contributed by atoms with van der Waals surface area (Å²) < 4.78 is 5.24. The topological polar surface area (TPSA) is 52.9 Å². The highest BCUT2D eigenvalue weighted by Crippen LogP contribution is 2.47. The zero-order valence-corrected chi connectivity index (χ0v) is 11.6. The molecule has 0 bridgehead atoms. The fourth-order valence-corrected chi connectivity index (χ4v) is 3.17. The summed E-state index contributed by atoms with van der Waals surface area (Å²) in [6, 6.07) is 3.99. The minimum atomic E-state index is -1.14. The number of benzene rings is 1. The molecule has 2 atom stereocenters. The summed E-state index contributed by atoms with van der Waals surface area (Å²) in [5.41, 5.74) is 4.52. The Balaban J connectivity index is 2.34. The number of ether oxygens (including phenoxy) is 1. The number of aryl methyl sites for hydroxylation is 1. The smallest absolute Gasteiger partial charge is 0.241 e. The van der Waals surface area contributed by atoms with Crippen LogP contribution in [0.5, 0.6) is 0 Å². The van der Waals surface area contributed by atoms with Crippen LogP contribution in [-0.2, 0) is 4.74 Å². The van der Waals surface area contributed by atoms with E-state index in [-0.39, 0.29) is 5.54 Å². The van der Waals surface area contributed by atoms with Crippen molar-refractivity contribution in [2.75, 3.05) is 4.90 Å². The van der Waals surface area contributed by atoms with Crippen LogP contribution in [0.25, 0.3) is 5.57 Å². The highest BCUT2D eigenvalue weighted by Gasteiger charge is 2.42. The maximum atomic E-state index is 10.2. The van der Waals surface area contributed by atoms with E-state index in [0.717, 1.165) is 28.0 Å². The van der Waals surface area contributed by atoms with Gasteiger partial charge in [-0.3, -0.25) is 0 Å². The first-order chi connectivity index (χ1) is 8.81. The summed E-state index contributed by atoms with van der Waals surface area (Å²) >= 11 is 0. The number of rotatable bonds is 0. The molecule has 4 nitrogen and oxygen atoms in total. The van der Waals surface area contributed by atoms with E-state index in [0.29, 0.717) is 0 Å². The van der Waals surface area contributed by atoms with Crippen LogP contribution in [0.1, 0.15) is 43.8 Å². The van der Waals surface area contributed by atoms with E-state index in [1.54, 1.807) is 0 Å². The Morgan fingerprint density at radius 3 is 2.58 bits per heavy atom. The zero-order chi connectivity index (χ0) is 13.9. The van der Waals surface area contributed by atoms with Gasteiger partial charge in [0.2, 0.25) is 6.41 Å². The van der Waals surface area contributed by atoms with Crippen molar-refractivity contribution >= 4 is 11.3 Å². The molecule has 102 valence electrons. The fraction of sp³-hybridized carbons (Fsp3) is 0.467. The molecule has 2 aliphatic heterocycles. The van der Waals surface area contributed by atoms with E-state index in [1.165, 1.54) is 0 Å². The van der Waals surface area contributed by atoms with Gasteiger partial charge in [0.25, 0.3) is 0 Å². The third kappa shape index (κ3) is 1.71. The third-order valence-corrected chi connectivity index (χ3v) is 3.88. The van der Waals surface area contributed by atoms with E-state index in [4.69, 9.17) is 4.74 Å². The van der Waals surface area contributed by atoms with Crippen molar-refractivity contribution in [3.8, 4) is 0 Å². The molecule has 0 amide bonds. The number of anilines is 1. The van der Waals surface area contributed by atoms with Gasteiger partial charge in [0, 0.05) is 11.1 Å². The fourth-order valence-electron chi connectivity index (χ4n) is 3.17. The number of aliphatic hydroxyl groups excluding tert-OH is 2. The zero-order valence-electron chi connectivity index (χ0n) is 11.6. The molecular weight excluding hydrogens is 242 g/mol. The predicted octanol–water partition coefficient (Wildman–Crippen LogP) is 2.29. The van der Waals surface area contributed by atoms with Crippen molar-refractivity contribution in [3.05, 3.63) is 34.9 Å². The van der Waals surface area contributed by atoms with Crippen LogP contribution in [-0.4, -0.2) is 22.2 Å². The maximum absolute atomic E-state index is 10.2. The Hall–Kier alpha value is -1.36. The molecule has 0 unspecified atom stereocenters. The molecule has 3 rings (SSSR count). The standard InChI is InChI=1S/C15H19NO3/c1-8-5-10-9(2)7-15(3,4)16-12(10)11(6-8)13(17)19-14(16)18/h5-7,13-14,17-18H,1-4H3/t13-,14+/m1/s1. The lowest BCUT2D eigenvalue weighted by Crippen LogP contribution is -2.55. The molecule has 0 saturated carbocycles. The molecule has 1 aromatic carbocycles. The van der Waals surface area contributed by atoms with Gasteiger partial charge in [-0.15, -0.1) is 0 Å². The molecule has 4 heteroatoms. The second kappa shape index (κ2) is 3.82. The summed E-state index contributed by atoms with van der Waals surface area (Å²) in [6.07, 6.45) is -0.104. The molecule has 0 spiro atoms.